The first-order chi connectivity index (χ1) is 22.3. The van der Waals surface area contributed by atoms with Crippen LogP contribution in [0.5, 0.6) is 6.01 Å². The molecule has 2 saturated heterocycles. The number of aromatic nitrogens is 4. The third-order valence-electron chi connectivity index (χ3n) is 9.06. The van der Waals surface area contributed by atoms with Crippen LogP contribution in [0.4, 0.5) is 5.82 Å². The Morgan fingerprint density at radius 1 is 1.11 bits per heavy atom. The van der Waals surface area contributed by atoms with E-state index in [1.807, 2.05) is 29.2 Å². The summed E-state index contributed by atoms with van der Waals surface area (Å²) in [5.74, 6) is -0.0249. The molecule has 5 rings (SSSR count). The number of methoxy groups -OCH3 is 1. The summed E-state index contributed by atoms with van der Waals surface area (Å²) in [6.07, 6.45) is 7.35. The molecule has 0 bridgehead atoms. The zero-order valence-corrected chi connectivity index (χ0v) is 27.3. The van der Waals surface area contributed by atoms with E-state index in [1.54, 1.807) is 4.57 Å². The third-order valence-corrected chi connectivity index (χ3v) is 9.06. The first kappa shape index (κ1) is 33.4. The molecule has 4 heterocycles. The molecule has 13 nitrogen and oxygen atoms in total. The average molecular weight is 638 g/mol. The van der Waals surface area contributed by atoms with E-state index in [0.717, 1.165) is 63.0 Å². The summed E-state index contributed by atoms with van der Waals surface area (Å²) in [5.41, 5.74) is 8.64. The van der Waals surface area contributed by atoms with Crippen molar-refractivity contribution in [1.29, 1.82) is 0 Å². The molecule has 250 valence electrons. The molecule has 1 aromatic carbocycles. The van der Waals surface area contributed by atoms with Gasteiger partial charge in [-0.15, -0.1) is 0 Å². The van der Waals surface area contributed by atoms with Gasteiger partial charge in [0.2, 0.25) is 11.7 Å². The van der Waals surface area contributed by atoms with Gasteiger partial charge in [0, 0.05) is 25.7 Å². The molecule has 0 radical (unpaired) electrons. The average Bonchev–Trinajstić information content (AvgIpc) is 3.79. The van der Waals surface area contributed by atoms with Crippen LogP contribution < -0.4 is 21.1 Å². The van der Waals surface area contributed by atoms with Gasteiger partial charge in [0.05, 0.1) is 33.2 Å². The highest BCUT2D eigenvalue weighted by atomic mass is 16.5. The number of rotatable bonds is 16. The van der Waals surface area contributed by atoms with Crippen LogP contribution in [0.2, 0.25) is 0 Å². The molecule has 0 spiro atoms. The lowest BCUT2D eigenvalue weighted by Gasteiger charge is -2.30. The standard InChI is InChI=1S/C33H48N8O5/c1-3-4-19-46-32-36-30(34)29-31(37-32)41(33(44)35-29)18-8-17-40(21-25-12-10-24(11-13-25)20-28(43)45-2)27(42)23-39-16-7-9-26(39)22-38-14-5-6-15-38/h10-13,26H,3-9,14-23H2,1-2H3,(H,35,44)(H2,34,36,37)/p+1/t26-/m0/s1. The van der Waals surface area contributed by atoms with Crippen molar-refractivity contribution in [1.82, 2.24) is 29.2 Å². The van der Waals surface area contributed by atoms with E-state index in [1.165, 1.54) is 20.0 Å². The molecule has 0 aliphatic carbocycles. The Labute approximate surface area is 270 Å². The number of imidazole rings is 1. The number of hydrogen-bond acceptors (Lipinski definition) is 9. The Bertz CT molecular complexity index is 1510. The van der Waals surface area contributed by atoms with Crippen LogP contribution in [-0.2, 0) is 33.8 Å². The number of aromatic amines is 2. The Kier molecular flexibility index (Phi) is 11.6. The van der Waals surface area contributed by atoms with Crippen LogP contribution in [0.15, 0.2) is 29.1 Å². The fraction of sp³-hybridized carbons (Fsp3) is 0.606. The number of nitrogens with one attached hydrogen (secondary N) is 2. The van der Waals surface area contributed by atoms with E-state index in [-0.39, 0.29) is 35.8 Å². The van der Waals surface area contributed by atoms with Gasteiger partial charge in [0.1, 0.15) is 0 Å². The lowest BCUT2D eigenvalue weighted by Crippen LogP contribution is -2.45. The normalized spacial score (nSPS) is 17.1. The number of fused-ring (bicyclic) bond motifs is 1. The molecule has 2 aliphatic rings. The number of amides is 1. The summed E-state index contributed by atoms with van der Waals surface area (Å²) in [4.78, 5) is 55.5. The SMILES string of the molecule is CCCCOc1nc(N)c2[nH]c(=O)n(CCCN(Cc3ccc(CC(=O)OC)cc3)C(=O)CN3CCC[C@H]3CN3CCCC3)c2[nH+]1. The Balaban J connectivity index is 1.28. The first-order valence-corrected chi connectivity index (χ1v) is 16.7. The highest BCUT2D eigenvalue weighted by Crippen LogP contribution is 2.21. The summed E-state index contributed by atoms with van der Waals surface area (Å²) >= 11 is 0. The van der Waals surface area contributed by atoms with Gasteiger partial charge in [-0.25, -0.2) is 14.3 Å². The second-order valence-electron chi connectivity index (χ2n) is 12.4. The van der Waals surface area contributed by atoms with Crippen LogP contribution in [0, 0.1) is 0 Å². The van der Waals surface area contributed by atoms with Crippen molar-refractivity contribution in [2.75, 3.05) is 58.7 Å². The zero-order valence-electron chi connectivity index (χ0n) is 27.3. The fourth-order valence-corrected chi connectivity index (χ4v) is 6.46. The van der Waals surface area contributed by atoms with Crippen LogP contribution in [0.3, 0.4) is 0 Å². The number of anilines is 1. The van der Waals surface area contributed by atoms with Crippen molar-refractivity contribution in [3.63, 3.8) is 0 Å². The lowest BCUT2D eigenvalue weighted by molar-refractivity contribution is -0.372. The van der Waals surface area contributed by atoms with Crippen LogP contribution in [0.25, 0.3) is 11.2 Å². The molecule has 2 fully saturated rings. The number of unbranched alkanes of at least 4 members (excludes halogenated alkanes) is 1. The summed E-state index contributed by atoms with van der Waals surface area (Å²) in [6.45, 7) is 8.47. The van der Waals surface area contributed by atoms with E-state index >= 15 is 0 Å². The number of hydrogen-bond donors (Lipinski definition) is 2. The number of nitrogens with zero attached hydrogens (tertiary/aromatic N) is 5. The van der Waals surface area contributed by atoms with Crippen molar-refractivity contribution in [3.8, 4) is 6.01 Å². The number of nitrogen functional groups attached to an aromatic ring is 1. The molecule has 1 atom stereocenters. The number of carbonyl (C=O) groups is 2. The summed E-state index contributed by atoms with van der Waals surface area (Å²) in [6, 6.07) is 8.39. The van der Waals surface area contributed by atoms with Gasteiger partial charge >= 0.3 is 17.7 Å². The zero-order chi connectivity index (χ0) is 32.5. The Hall–Kier alpha value is -3.97. The number of nitrogens with two attached hydrogens (primary N) is 1. The van der Waals surface area contributed by atoms with E-state index < -0.39 is 0 Å². The van der Waals surface area contributed by atoms with E-state index in [0.29, 0.717) is 56.4 Å². The van der Waals surface area contributed by atoms with Gasteiger partial charge in [0.15, 0.2) is 5.52 Å². The maximum atomic E-state index is 13.9. The number of benzene rings is 1. The molecule has 4 N–H and O–H groups in total. The lowest BCUT2D eigenvalue weighted by atomic mass is 10.1. The maximum Gasteiger partial charge on any atom is 0.433 e. The molecule has 13 heteroatoms. The van der Waals surface area contributed by atoms with Crippen molar-refractivity contribution in [3.05, 3.63) is 45.9 Å². The maximum absolute atomic E-state index is 13.9. The minimum Gasteiger partial charge on any atom is -0.469 e. The first-order valence-electron chi connectivity index (χ1n) is 16.7. The van der Waals surface area contributed by atoms with Crippen molar-refractivity contribution >= 4 is 28.9 Å². The van der Waals surface area contributed by atoms with Crippen molar-refractivity contribution in [2.24, 2.45) is 0 Å². The number of esters is 1. The molecule has 0 unspecified atom stereocenters. The third kappa shape index (κ3) is 8.64. The fourth-order valence-electron chi connectivity index (χ4n) is 6.46. The van der Waals surface area contributed by atoms with Gasteiger partial charge in [-0.1, -0.05) is 37.6 Å². The highest BCUT2D eigenvalue weighted by molar-refractivity contribution is 5.79. The molecular weight excluding hydrogens is 588 g/mol. The highest BCUT2D eigenvalue weighted by Gasteiger charge is 2.30. The Morgan fingerprint density at radius 2 is 1.87 bits per heavy atom. The predicted molar refractivity (Wildman–Crippen MR) is 174 cm³/mol. The summed E-state index contributed by atoms with van der Waals surface area (Å²) in [5, 5.41) is 0. The largest absolute Gasteiger partial charge is 0.469 e. The van der Waals surface area contributed by atoms with E-state index in [2.05, 4.69) is 31.7 Å². The quantitative estimate of drug-likeness (QED) is 0.177. The van der Waals surface area contributed by atoms with Crippen molar-refractivity contribution < 1.29 is 24.0 Å². The van der Waals surface area contributed by atoms with E-state index in [9.17, 15) is 14.4 Å². The minimum atomic E-state index is -0.300. The molecule has 2 aromatic heterocycles. The predicted octanol–water partition coefficient (Wildman–Crippen LogP) is 1.99. The van der Waals surface area contributed by atoms with Gasteiger partial charge in [0.25, 0.3) is 5.65 Å². The second-order valence-corrected chi connectivity index (χ2v) is 12.4. The van der Waals surface area contributed by atoms with Crippen LogP contribution in [0.1, 0.15) is 63.0 Å². The number of likely N-dealkylation sites (tertiary alicyclic amines) is 2. The van der Waals surface area contributed by atoms with E-state index in [4.69, 9.17) is 15.2 Å². The summed E-state index contributed by atoms with van der Waals surface area (Å²) in [7, 11) is 1.38. The van der Waals surface area contributed by atoms with Gasteiger partial charge in [-0.2, -0.15) is 0 Å². The van der Waals surface area contributed by atoms with Crippen molar-refractivity contribution in [2.45, 2.75) is 77.4 Å². The van der Waals surface area contributed by atoms with Gasteiger partial charge in [-0.05, 0) is 74.3 Å². The Morgan fingerprint density at radius 3 is 2.61 bits per heavy atom. The molecule has 3 aromatic rings. The molecule has 1 amide bonds. The molecular formula is C33H49N8O5+. The van der Waals surface area contributed by atoms with Gasteiger partial charge < -0.3 is 25.0 Å². The molecule has 0 saturated carbocycles. The molecule has 46 heavy (non-hydrogen) atoms. The molecule has 2 aliphatic heterocycles. The smallest absolute Gasteiger partial charge is 0.433 e. The number of ether oxygens (including phenoxy) is 2. The number of H-pyrrole nitrogens is 2. The monoisotopic (exact) mass is 637 g/mol. The number of carbonyl (C=O) groups excluding carboxylic acids is 2. The minimum absolute atomic E-state index is 0.0739. The topological polar surface area (TPSA) is 153 Å². The number of aryl methyl sites for hydroxylation is 1. The van der Waals surface area contributed by atoms with Crippen LogP contribution in [-0.4, -0.2) is 100 Å². The second kappa shape index (κ2) is 16.0. The van der Waals surface area contributed by atoms with Crippen LogP contribution >= 0.6 is 0 Å². The van der Waals surface area contributed by atoms with Gasteiger partial charge in [-0.3, -0.25) is 19.5 Å². The summed E-state index contributed by atoms with van der Waals surface area (Å²) < 4.78 is 12.1.